The lowest BCUT2D eigenvalue weighted by Gasteiger charge is -2.27. The third-order valence-electron chi connectivity index (χ3n) is 3.12. The summed E-state index contributed by atoms with van der Waals surface area (Å²) in [7, 11) is 0. The maximum atomic E-state index is 6.30. The molecule has 1 aliphatic rings. The van der Waals surface area contributed by atoms with Crippen molar-refractivity contribution in [1.82, 2.24) is 4.90 Å². The third-order valence-corrected chi connectivity index (χ3v) is 3.48. The van der Waals surface area contributed by atoms with Crippen molar-refractivity contribution in [2.24, 2.45) is 5.90 Å². The molecule has 2 rings (SSSR count). The zero-order valence-electron chi connectivity index (χ0n) is 10.4. The average Bonchev–Trinajstić information content (AvgIpc) is 2.40. The van der Waals surface area contributed by atoms with E-state index in [-0.39, 0.29) is 0 Å². The molecule has 0 saturated carbocycles. The molecule has 0 aliphatic carbocycles. The average molecular weight is 271 g/mol. The van der Waals surface area contributed by atoms with Gasteiger partial charge in [-0.1, -0.05) is 23.7 Å². The first-order valence-corrected chi connectivity index (χ1v) is 6.56. The van der Waals surface area contributed by atoms with Crippen molar-refractivity contribution >= 4 is 11.6 Å². The van der Waals surface area contributed by atoms with Gasteiger partial charge in [-0.25, -0.2) is 5.90 Å². The Kier molecular flexibility index (Phi) is 5.41. The highest BCUT2D eigenvalue weighted by molar-refractivity contribution is 6.31. The first-order valence-electron chi connectivity index (χ1n) is 6.18. The van der Waals surface area contributed by atoms with Gasteiger partial charge in [0.15, 0.2) is 0 Å². The van der Waals surface area contributed by atoms with Crippen LogP contribution in [0.25, 0.3) is 0 Å². The molecule has 0 bridgehead atoms. The molecule has 1 aromatic carbocycles. The molecule has 1 saturated heterocycles. The molecule has 100 valence electrons. The van der Waals surface area contributed by atoms with E-state index in [1.807, 2.05) is 6.07 Å². The Bertz CT molecular complexity index is 381. The van der Waals surface area contributed by atoms with Gasteiger partial charge in [-0.2, -0.15) is 0 Å². The highest BCUT2D eigenvalue weighted by Gasteiger charge is 2.12. The van der Waals surface area contributed by atoms with Crippen LogP contribution in [0.2, 0.25) is 5.02 Å². The summed E-state index contributed by atoms with van der Waals surface area (Å²) >= 11 is 6.30. The van der Waals surface area contributed by atoms with Gasteiger partial charge in [0.2, 0.25) is 0 Å². The second-order valence-corrected chi connectivity index (χ2v) is 4.84. The highest BCUT2D eigenvalue weighted by Crippen LogP contribution is 2.20. The Hall–Kier alpha value is -0.650. The molecule has 1 aromatic rings. The zero-order valence-corrected chi connectivity index (χ0v) is 11.2. The topological polar surface area (TPSA) is 47.7 Å². The summed E-state index contributed by atoms with van der Waals surface area (Å²) in [5.74, 6) is 5.02. The van der Waals surface area contributed by atoms with Crippen LogP contribution in [-0.4, -0.2) is 37.8 Å². The highest BCUT2D eigenvalue weighted by atomic mass is 35.5. The van der Waals surface area contributed by atoms with E-state index in [1.165, 1.54) is 0 Å². The number of nitrogens with zero attached hydrogens (tertiary/aromatic N) is 1. The van der Waals surface area contributed by atoms with E-state index >= 15 is 0 Å². The summed E-state index contributed by atoms with van der Waals surface area (Å²) in [4.78, 5) is 6.93. The van der Waals surface area contributed by atoms with Crippen LogP contribution in [0.4, 0.5) is 0 Å². The largest absolute Gasteiger partial charge is 0.379 e. The van der Waals surface area contributed by atoms with Gasteiger partial charge >= 0.3 is 0 Å². The number of ether oxygens (including phenoxy) is 1. The number of benzene rings is 1. The van der Waals surface area contributed by atoms with Crippen molar-refractivity contribution in [3.8, 4) is 0 Å². The fourth-order valence-corrected chi connectivity index (χ4v) is 2.31. The summed E-state index contributed by atoms with van der Waals surface area (Å²) in [6, 6.07) is 6.17. The van der Waals surface area contributed by atoms with E-state index in [2.05, 4.69) is 21.9 Å². The quantitative estimate of drug-likeness (QED) is 0.826. The molecule has 1 heterocycles. The molecule has 0 amide bonds. The summed E-state index contributed by atoms with van der Waals surface area (Å²) < 4.78 is 5.33. The molecule has 0 atom stereocenters. The van der Waals surface area contributed by atoms with Crippen molar-refractivity contribution in [3.05, 3.63) is 34.3 Å². The van der Waals surface area contributed by atoms with Crippen LogP contribution in [0, 0.1) is 0 Å². The van der Waals surface area contributed by atoms with Gasteiger partial charge in [-0.3, -0.25) is 4.90 Å². The van der Waals surface area contributed by atoms with E-state index in [1.54, 1.807) is 0 Å². The minimum Gasteiger partial charge on any atom is -0.379 e. The molecule has 1 aliphatic heterocycles. The normalized spacial score (nSPS) is 17.0. The zero-order chi connectivity index (χ0) is 12.8. The standard InChI is InChI=1S/C13H19ClN2O2/c14-13-9-11(3-6-18-15)1-2-12(13)10-16-4-7-17-8-5-16/h1-2,9H,3-8,10,15H2. The van der Waals surface area contributed by atoms with E-state index in [4.69, 9.17) is 22.2 Å². The molecule has 0 aromatic heterocycles. The van der Waals surface area contributed by atoms with Crippen LogP contribution in [0.3, 0.4) is 0 Å². The molecular weight excluding hydrogens is 252 g/mol. The van der Waals surface area contributed by atoms with Gasteiger partial charge in [0.1, 0.15) is 0 Å². The van der Waals surface area contributed by atoms with Crippen molar-refractivity contribution in [1.29, 1.82) is 0 Å². The number of hydrogen-bond acceptors (Lipinski definition) is 4. The van der Waals surface area contributed by atoms with Gasteiger partial charge in [-0.05, 0) is 23.6 Å². The Balaban J connectivity index is 1.95. The van der Waals surface area contributed by atoms with Crippen LogP contribution in [0.15, 0.2) is 18.2 Å². The Morgan fingerprint density at radius 2 is 2.11 bits per heavy atom. The summed E-state index contributed by atoms with van der Waals surface area (Å²) in [6.07, 6.45) is 0.786. The monoisotopic (exact) mass is 270 g/mol. The van der Waals surface area contributed by atoms with E-state index in [9.17, 15) is 0 Å². The molecular formula is C13H19ClN2O2. The summed E-state index contributed by atoms with van der Waals surface area (Å²) in [6.45, 7) is 4.96. The van der Waals surface area contributed by atoms with Crippen molar-refractivity contribution in [2.45, 2.75) is 13.0 Å². The van der Waals surface area contributed by atoms with Crippen LogP contribution < -0.4 is 5.90 Å². The van der Waals surface area contributed by atoms with Crippen LogP contribution >= 0.6 is 11.6 Å². The summed E-state index contributed by atoms with van der Waals surface area (Å²) in [5, 5.41) is 0.816. The molecule has 5 heteroatoms. The molecule has 0 radical (unpaired) electrons. The lowest BCUT2D eigenvalue weighted by atomic mass is 10.1. The number of hydrogen-bond donors (Lipinski definition) is 1. The smallest absolute Gasteiger partial charge is 0.0719 e. The maximum absolute atomic E-state index is 6.30. The molecule has 0 spiro atoms. The second-order valence-electron chi connectivity index (χ2n) is 4.44. The van der Waals surface area contributed by atoms with Crippen molar-refractivity contribution < 1.29 is 9.57 Å². The third kappa shape index (κ3) is 3.93. The molecule has 18 heavy (non-hydrogen) atoms. The maximum Gasteiger partial charge on any atom is 0.0719 e. The minimum atomic E-state index is 0.513. The predicted octanol–water partition coefficient (Wildman–Crippen LogP) is 1.60. The fraction of sp³-hybridized carbons (Fsp3) is 0.538. The minimum absolute atomic E-state index is 0.513. The number of halogens is 1. The molecule has 0 unspecified atom stereocenters. The van der Waals surface area contributed by atoms with Gasteiger partial charge in [0.25, 0.3) is 0 Å². The first kappa shape index (κ1) is 13.8. The lowest BCUT2D eigenvalue weighted by Crippen LogP contribution is -2.35. The van der Waals surface area contributed by atoms with Crippen molar-refractivity contribution in [3.63, 3.8) is 0 Å². The first-order chi connectivity index (χ1) is 8.79. The van der Waals surface area contributed by atoms with E-state index in [0.29, 0.717) is 6.61 Å². The SMILES string of the molecule is NOCCc1ccc(CN2CCOCC2)c(Cl)c1. The summed E-state index contributed by atoms with van der Waals surface area (Å²) in [5.41, 5.74) is 2.31. The Labute approximate surface area is 113 Å². The Morgan fingerprint density at radius 1 is 1.33 bits per heavy atom. The number of nitrogens with two attached hydrogens (primary N) is 1. The second kappa shape index (κ2) is 7.07. The van der Waals surface area contributed by atoms with Gasteiger partial charge in [-0.15, -0.1) is 0 Å². The molecule has 4 nitrogen and oxygen atoms in total. The number of rotatable bonds is 5. The van der Waals surface area contributed by atoms with Gasteiger partial charge in [0.05, 0.1) is 19.8 Å². The molecule has 2 N–H and O–H groups in total. The van der Waals surface area contributed by atoms with Crippen LogP contribution in [-0.2, 0) is 22.5 Å². The lowest BCUT2D eigenvalue weighted by molar-refractivity contribution is 0.0342. The van der Waals surface area contributed by atoms with Crippen molar-refractivity contribution in [2.75, 3.05) is 32.9 Å². The van der Waals surface area contributed by atoms with E-state index < -0.39 is 0 Å². The van der Waals surface area contributed by atoms with E-state index in [0.717, 1.165) is 55.4 Å². The fourth-order valence-electron chi connectivity index (χ4n) is 2.05. The van der Waals surface area contributed by atoms with Gasteiger partial charge in [0, 0.05) is 24.7 Å². The van der Waals surface area contributed by atoms with Crippen LogP contribution in [0.5, 0.6) is 0 Å². The molecule has 1 fully saturated rings. The van der Waals surface area contributed by atoms with Crippen LogP contribution in [0.1, 0.15) is 11.1 Å². The Morgan fingerprint density at radius 3 is 2.78 bits per heavy atom. The van der Waals surface area contributed by atoms with Gasteiger partial charge < -0.3 is 9.57 Å². The number of morpholine rings is 1. The predicted molar refractivity (Wildman–Crippen MR) is 71.4 cm³/mol.